The largest absolute Gasteiger partial charge is 0.373 e. The van der Waals surface area contributed by atoms with Gasteiger partial charge in [0, 0.05) is 19.0 Å². The van der Waals surface area contributed by atoms with Gasteiger partial charge in [0.25, 0.3) is 0 Å². The van der Waals surface area contributed by atoms with Crippen molar-refractivity contribution in [1.29, 1.82) is 0 Å². The third kappa shape index (κ3) is 3.81. The lowest BCUT2D eigenvalue weighted by Gasteiger charge is -2.02. The topological polar surface area (TPSA) is 61.0 Å². The zero-order chi connectivity index (χ0) is 10.2. The minimum Gasteiger partial charge on any atom is -0.373 e. The van der Waals surface area contributed by atoms with Gasteiger partial charge in [0.2, 0.25) is 0 Å². The summed E-state index contributed by atoms with van der Waals surface area (Å²) in [5.74, 6) is 0.735. The van der Waals surface area contributed by atoms with E-state index >= 15 is 0 Å². The number of aromatic nitrogens is 2. The van der Waals surface area contributed by atoms with Crippen LogP contribution in [0.3, 0.4) is 0 Å². The molecule has 2 N–H and O–H groups in total. The molecule has 0 saturated heterocycles. The first-order valence-electron chi connectivity index (χ1n) is 4.94. The first-order chi connectivity index (χ1) is 6.86. The Hall–Kier alpha value is -1.00. The van der Waals surface area contributed by atoms with Crippen molar-refractivity contribution in [3.05, 3.63) is 23.8 Å². The third-order valence-corrected chi connectivity index (χ3v) is 1.77. The number of nitrogens with zero attached hydrogens (tertiary/aromatic N) is 2. The van der Waals surface area contributed by atoms with Gasteiger partial charge in [-0.15, -0.1) is 0 Å². The minimum atomic E-state index is 0.497. The van der Waals surface area contributed by atoms with Gasteiger partial charge >= 0.3 is 0 Å². The van der Waals surface area contributed by atoms with Crippen LogP contribution in [0.25, 0.3) is 0 Å². The number of ether oxygens (including phenoxy) is 1. The lowest BCUT2D eigenvalue weighted by Crippen LogP contribution is -2.05. The van der Waals surface area contributed by atoms with E-state index in [1.54, 1.807) is 0 Å². The van der Waals surface area contributed by atoms with Gasteiger partial charge in [-0.3, -0.25) is 0 Å². The van der Waals surface area contributed by atoms with Crippen molar-refractivity contribution < 1.29 is 4.74 Å². The molecule has 0 radical (unpaired) electrons. The second-order valence-corrected chi connectivity index (χ2v) is 3.10. The second kappa shape index (κ2) is 6.45. The zero-order valence-electron chi connectivity index (χ0n) is 8.57. The lowest BCUT2D eigenvalue weighted by molar-refractivity contribution is 0.116. The van der Waals surface area contributed by atoms with Gasteiger partial charge in [-0.2, -0.15) is 0 Å². The van der Waals surface area contributed by atoms with Gasteiger partial charge in [0.15, 0.2) is 5.82 Å². The first-order valence-corrected chi connectivity index (χ1v) is 4.94. The van der Waals surface area contributed by atoms with E-state index in [9.17, 15) is 0 Å². The number of hydrogen-bond acceptors (Lipinski definition) is 4. The average molecular weight is 195 g/mol. The van der Waals surface area contributed by atoms with Crippen molar-refractivity contribution in [3.8, 4) is 0 Å². The van der Waals surface area contributed by atoms with Gasteiger partial charge < -0.3 is 10.5 Å². The van der Waals surface area contributed by atoms with E-state index in [1.807, 2.05) is 12.4 Å². The van der Waals surface area contributed by atoms with Gasteiger partial charge in [0.05, 0.1) is 0 Å². The zero-order valence-corrected chi connectivity index (χ0v) is 8.57. The molecule has 0 aromatic carbocycles. The highest BCUT2D eigenvalue weighted by atomic mass is 16.5. The van der Waals surface area contributed by atoms with Crippen LogP contribution in [0, 0.1) is 0 Å². The van der Waals surface area contributed by atoms with Crippen molar-refractivity contribution in [1.82, 2.24) is 9.97 Å². The van der Waals surface area contributed by atoms with Crippen LogP contribution in [0.1, 0.15) is 24.7 Å². The summed E-state index contributed by atoms with van der Waals surface area (Å²) in [6.07, 6.45) is 5.47. The monoisotopic (exact) mass is 195 g/mol. The SMILES string of the molecule is CCCOCc1ncc(CCN)cn1. The third-order valence-electron chi connectivity index (χ3n) is 1.77. The molecule has 0 aliphatic heterocycles. The predicted molar refractivity (Wildman–Crippen MR) is 54.7 cm³/mol. The molecular formula is C10H17N3O. The van der Waals surface area contributed by atoms with Crippen molar-refractivity contribution in [2.75, 3.05) is 13.2 Å². The Bertz CT molecular complexity index is 248. The maximum Gasteiger partial charge on any atom is 0.153 e. The maximum atomic E-state index is 5.42. The molecule has 4 nitrogen and oxygen atoms in total. The smallest absolute Gasteiger partial charge is 0.153 e. The Kier molecular flexibility index (Phi) is 5.11. The van der Waals surface area contributed by atoms with Crippen molar-refractivity contribution in [3.63, 3.8) is 0 Å². The predicted octanol–water partition coefficient (Wildman–Crippen LogP) is 0.904. The quantitative estimate of drug-likeness (QED) is 0.685. The Morgan fingerprint density at radius 2 is 2.07 bits per heavy atom. The van der Waals surface area contributed by atoms with Crippen LogP contribution in [0.4, 0.5) is 0 Å². The molecule has 0 aliphatic rings. The average Bonchev–Trinajstić information content (AvgIpc) is 2.21. The molecular weight excluding hydrogens is 178 g/mol. The number of rotatable bonds is 6. The fourth-order valence-electron chi connectivity index (χ4n) is 1.06. The van der Waals surface area contributed by atoms with E-state index in [0.29, 0.717) is 13.2 Å². The van der Waals surface area contributed by atoms with Crippen LogP contribution in [0.15, 0.2) is 12.4 Å². The molecule has 14 heavy (non-hydrogen) atoms. The highest BCUT2D eigenvalue weighted by molar-refractivity contribution is 5.05. The van der Waals surface area contributed by atoms with Crippen molar-refractivity contribution >= 4 is 0 Å². The summed E-state index contributed by atoms with van der Waals surface area (Å²) in [4.78, 5) is 8.35. The Morgan fingerprint density at radius 1 is 1.36 bits per heavy atom. The van der Waals surface area contributed by atoms with E-state index in [-0.39, 0.29) is 0 Å². The van der Waals surface area contributed by atoms with Crippen LogP contribution in [0.5, 0.6) is 0 Å². The summed E-state index contributed by atoms with van der Waals surface area (Å²) in [6.45, 7) is 3.96. The molecule has 1 heterocycles. The standard InChI is InChI=1S/C10H17N3O/c1-2-5-14-8-10-12-6-9(3-4-11)7-13-10/h6-7H,2-5,8,11H2,1H3. The van der Waals surface area contributed by atoms with E-state index in [4.69, 9.17) is 10.5 Å². The molecule has 1 aromatic rings. The lowest BCUT2D eigenvalue weighted by atomic mass is 10.2. The number of nitrogens with two attached hydrogens (primary N) is 1. The molecule has 0 aliphatic carbocycles. The molecule has 0 atom stereocenters. The normalized spacial score (nSPS) is 10.4. The van der Waals surface area contributed by atoms with Crippen LogP contribution < -0.4 is 5.73 Å². The molecule has 1 aromatic heterocycles. The molecule has 1 rings (SSSR count). The van der Waals surface area contributed by atoms with Crippen LogP contribution in [-0.2, 0) is 17.8 Å². The molecule has 0 saturated carbocycles. The Morgan fingerprint density at radius 3 is 2.64 bits per heavy atom. The molecule has 0 amide bonds. The van der Waals surface area contributed by atoms with E-state index in [0.717, 1.165) is 30.8 Å². The van der Waals surface area contributed by atoms with E-state index in [1.165, 1.54) is 0 Å². The second-order valence-electron chi connectivity index (χ2n) is 3.10. The summed E-state index contributed by atoms with van der Waals surface area (Å²) in [5, 5.41) is 0. The Balaban J connectivity index is 2.38. The number of hydrogen-bond donors (Lipinski definition) is 1. The van der Waals surface area contributed by atoms with Crippen LogP contribution >= 0.6 is 0 Å². The fourth-order valence-corrected chi connectivity index (χ4v) is 1.06. The van der Waals surface area contributed by atoms with Gasteiger partial charge in [-0.25, -0.2) is 9.97 Å². The molecule has 4 heteroatoms. The molecule has 0 fully saturated rings. The summed E-state index contributed by atoms with van der Waals surface area (Å²) in [6, 6.07) is 0. The van der Waals surface area contributed by atoms with Crippen LogP contribution in [-0.4, -0.2) is 23.1 Å². The van der Waals surface area contributed by atoms with Crippen molar-refractivity contribution in [2.45, 2.75) is 26.4 Å². The molecule has 78 valence electrons. The molecule has 0 unspecified atom stereocenters. The van der Waals surface area contributed by atoms with Gasteiger partial charge in [-0.05, 0) is 24.9 Å². The summed E-state index contributed by atoms with van der Waals surface area (Å²) in [5.41, 5.74) is 6.49. The molecule has 0 bridgehead atoms. The highest BCUT2D eigenvalue weighted by Crippen LogP contribution is 1.98. The van der Waals surface area contributed by atoms with Gasteiger partial charge in [-0.1, -0.05) is 6.92 Å². The minimum absolute atomic E-state index is 0.497. The Labute approximate surface area is 84.5 Å². The fraction of sp³-hybridized carbons (Fsp3) is 0.600. The van der Waals surface area contributed by atoms with E-state index < -0.39 is 0 Å². The molecule has 0 spiro atoms. The van der Waals surface area contributed by atoms with E-state index in [2.05, 4.69) is 16.9 Å². The van der Waals surface area contributed by atoms with Crippen LogP contribution in [0.2, 0.25) is 0 Å². The first kappa shape index (κ1) is 11.1. The summed E-state index contributed by atoms with van der Waals surface area (Å²) in [7, 11) is 0. The van der Waals surface area contributed by atoms with Gasteiger partial charge in [0.1, 0.15) is 6.61 Å². The maximum absolute atomic E-state index is 5.42. The summed E-state index contributed by atoms with van der Waals surface area (Å²) >= 11 is 0. The summed E-state index contributed by atoms with van der Waals surface area (Å²) < 4.78 is 5.32. The van der Waals surface area contributed by atoms with Crippen molar-refractivity contribution in [2.24, 2.45) is 5.73 Å². The highest BCUT2D eigenvalue weighted by Gasteiger charge is 1.97.